The van der Waals surface area contributed by atoms with Gasteiger partial charge in [0.05, 0.1) is 6.61 Å². The lowest BCUT2D eigenvalue weighted by Crippen LogP contribution is -2.38. The molecule has 3 rings (SSSR count). The molecule has 0 aliphatic carbocycles. The van der Waals surface area contributed by atoms with Crippen molar-refractivity contribution < 1.29 is 14.3 Å². The summed E-state index contributed by atoms with van der Waals surface area (Å²) in [5.74, 6) is 1.54. The summed E-state index contributed by atoms with van der Waals surface area (Å²) < 4.78 is 11.5. The topological polar surface area (TPSA) is 38.8 Å². The van der Waals surface area contributed by atoms with Crippen LogP contribution in [0.2, 0.25) is 0 Å². The Hall–Kier alpha value is -1.71. The van der Waals surface area contributed by atoms with Gasteiger partial charge in [-0.15, -0.1) is 0 Å². The fourth-order valence-electron chi connectivity index (χ4n) is 3.98. The van der Waals surface area contributed by atoms with Gasteiger partial charge in [0, 0.05) is 13.1 Å². The molecule has 4 nitrogen and oxygen atoms in total. The zero-order valence-corrected chi connectivity index (χ0v) is 16.3. The van der Waals surface area contributed by atoms with Gasteiger partial charge in [0.15, 0.2) is 0 Å². The summed E-state index contributed by atoms with van der Waals surface area (Å²) in [6, 6.07) is 2.23. The first-order valence-electron chi connectivity index (χ1n) is 9.54. The minimum atomic E-state index is -0.452. The Morgan fingerprint density at radius 3 is 2.56 bits per heavy atom. The maximum atomic E-state index is 12.5. The van der Waals surface area contributed by atoms with Crippen LogP contribution >= 0.6 is 0 Å². The maximum Gasteiger partial charge on any atom is 0.410 e. The molecule has 2 aliphatic rings. The van der Waals surface area contributed by atoms with E-state index in [-0.39, 0.29) is 6.09 Å². The molecule has 1 aromatic carbocycles. The Morgan fingerprint density at radius 1 is 1.16 bits per heavy atom. The van der Waals surface area contributed by atoms with E-state index < -0.39 is 5.60 Å². The number of hydrogen-bond acceptors (Lipinski definition) is 3. The van der Waals surface area contributed by atoms with E-state index in [4.69, 9.17) is 9.47 Å². The van der Waals surface area contributed by atoms with Crippen LogP contribution in [0, 0.1) is 0 Å². The molecular formula is C21H31NO3. The molecule has 1 amide bonds. The van der Waals surface area contributed by atoms with Crippen molar-refractivity contribution in [2.45, 2.75) is 71.8 Å². The van der Waals surface area contributed by atoms with Crippen LogP contribution in [0.25, 0.3) is 0 Å². The number of ether oxygens (including phenoxy) is 2. The zero-order chi connectivity index (χ0) is 18.2. The number of fused-ring (bicyclic) bond motifs is 2. The van der Waals surface area contributed by atoms with Gasteiger partial charge in [0.2, 0.25) is 0 Å². The maximum absolute atomic E-state index is 12.5. The smallest absolute Gasteiger partial charge is 0.410 e. The van der Waals surface area contributed by atoms with Crippen LogP contribution in [0.3, 0.4) is 0 Å². The van der Waals surface area contributed by atoms with Crippen LogP contribution in [-0.4, -0.2) is 36.3 Å². The third-order valence-corrected chi connectivity index (χ3v) is 4.98. The third-order valence-electron chi connectivity index (χ3n) is 4.98. The largest absolute Gasteiger partial charge is 0.493 e. The third kappa shape index (κ3) is 3.94. The van der Waals surface area contributed by atoms with E-state index in [1.165, 1.54) is 22.3 Å². The number of amides is 1. The lowest BCUT2D eigenvalue weighted by molar-refractivity contribution is 0.0258. The number of carbonyl (C=O) groups excluding carboxylic acids is 1. The van der Waals surface area contributed by atoms with E-state index in [1.54, 1.807) is 0 Å². The Morgan fingerprint density at radius 2 is 1.88 bits per heavy atom. The van der Waals surface area contributed by atoms with E-state index in [0.29, 0.717) is 12.5 Å². The molecule has 0 saturated carbocycles. The van der Waals surface area contributed by atoms with Gasteiger partial charge < -0.3 is 14.4 Å². The van der Waals surface area contributed by atoms with E-state index >= 15 is 0 Å². The summed E-state index contributed by atoms with van der Waals surface area (Å²) in [6.45, 7) is 12.5. The van der Waals surface area contributed by atoms with Gasteiger partial charge in [-0.2, -0.15) is 0 Å². The van der Waals surface area contributed by atoms with Crippen molar-refractivity contribution >= 4 is 6.09 Å². The number of carbonyl (C=O) groups is 1. The molecule has 0 saturated heterocycles. The molecule has 0 atom stereocenters. The van der Waals surface area contributed by atoms with Crippen molar-refractivity contribution in [3.63, 3.8) is 0 Å². The van der Waals surface area contributed by atoms with Gasteiger partial charge in [0.1, 0.15) is 11.4 Å². The van der Waals surface area contributed by atoms with E-state index in [9.17, 15) is 4.79 Å². The van der Waals surface area contributed by atoms with Crippen molar-refractivity contribution in [2.24, 2.45) is 0 Å². The minimum Gasteiger partial charge on any atom is -0.493 e. The minimum absolute atomic E-state index is 0.201. The van der Waals surface area contributed by atoms with E-state index in [0.717, 1.165) is 44.6 Å². The number of hydrogen-bond donors (Lipinski definition) is 0. The van der Waals surface area contributed by atoms with Crippen molar-refractivity contribution in [1.29, 1.82) is 0 Å². The van der Waals surface area contributed by atoms with Crippen LogP contribution in [-0.2, 0) is 24.0 Å². The molecule has 25 heavy (non-hydrogen) atoms. The molecule has 138 valence electrons. The fourth-order valence-corrected chi connectivity index (χ4v) is 3.98. The zero-order valence-electron chi connectivity index (χ0n) is 16.3. The van der Waals surface area contributed by atoms with Crippen molar-refractivity contribution in [2.75, 3.05) is 19.7 Å². The first-order chi connectivity index (χ1) is 11.8. The second-order valence-corrected chi connectivity index (χ2v) is 8.48. The summed E-state index contributed by atoms with van der Waals surface area (Å²) in [5, 5.41) is 0. The highest BCUT2D eigenvalue weighted by atomic mass is 16.6. The molecule has 4 heteroatoms. The second kappa shape index (κ2) is 6.89. The summed E-state index contributed by atoms with van der Waals surface area (Å²) in [5.41, 5.74) is 5.18. The van der Waals surface area contributed by atoms with Gasteiger partial charge in [-0.3, -0.25) is 0 Å². The Balaban J connectivity index is 1.89. The van der Waals surface area contributed by atoms with Crippen LogP contribution in [0.1, 0.15) is 69.2 Å². The average Bonchev–Trinajstić information content (AvgIpc) is 2.73. The molecule has 1 aromatic rings. The molecule has 2 heterocycles. The molecule has 0 fully saturated rings. The highest BCUT2D eigenvalue weighted by molar-refractivity contribution is 5.68. The van der Waals surface area contributed by atoms with Crippen LogP contribution < -0.4 is 4.74 Å². The molecule has 0 spiro atoms. The molecule has 0 unspecified atom stereocenters. The predicted molar refractivity (Wildman–Crippen MR) is 99.6 cm³/mol. The first-order valence-corrected chi connectivity index (χ1v) is 9.54. The number of benzene rings is 1. The fraction of sp³-hybridized carbons (Fsp3) is 0.667. The Bertz CT molecular complexity index is 658. The Kier molecular flexibility index (Phi) is 4.99. The van der Waals surface area contributed by atoms with Gasteiger partial charge in [0.25, 0.3) is 0 Å². The first kappa shape index (κ1) is 18.1. The molecule has 0 aromatic heterocycles. The monoisotopic (exact) mass is 345 g/mol. The van der Waals surface area contributed by atoms with E-state index in [1.807, 2.05) is 25.7 Å². The van der Waals surface area contributed by atoms with Gasteiger partial charge in [-0.05, 0) is 80.7 Å². The van der Waals surface area contributed by atoms with Gasteiger partial charge in [-0.1, -0.05) is 13.8 Å². The molecule has 0 bridgehead atoms. The SMILES string of the molecule is CC(C)c1c2c(cc3c1CCCO3)CCN(C(=O)OC(C)(C)C)CC2. The highest BCUT2D eigenvalue weighted by Crippen LogP contribution is 2.38. The number of nitrogens with zero attached hydrogens (tertiary/aromatic N) is 1. The molecular weight excluding hydrogens is 314 g/mol. The second-order valence-electron chi connectivity index (χ2n) is 8.48. The molecule has 0 radical (unpaired) electrons. The number of rotatable bonds is 1. The lowest BCUT2D eigenvalue weighted by Gasteiger charge is -2.27. The van der Waals surface area contributed by atoms with Crippen molar-refractivity contribution in [1.82, 2.24) is 4.90 Å². The average molecular weight is 345 g/mol. The lowest BCUT2D eigenvalue weighted by atomic mass is 9.84. The highest BCUT2D eigenvalue weighted by Gasteiger charge is 2.28. The van der Waals surface area contributed by atoms with Crippen LogP contribution in [0.4, 0.5) is 4.79 Å². The van der Waals surface area contributed by atoms with Crippen molar-refractivity contribution in [3.05, 3.63) is 28.3 Å². The summed E-state index contributed by atoms with van der Waals surface area (Å²) in [6.07, 6.45) is 3.76. The predicted octanol–water partition coefficient (Wildman–Crippen LogP) is 4.47. The molecule has 0 N–H and O–H groups in total. The summed E-state index contributed by atoms with van der Waals surface area (Å²) in [7, 11) is 0. The summed E-state index contributed by atoms with van der Waals surface area (Å²) in [4.78, 5) is 14.3. The van der Waals surface area contributed by atoms with Crippen LogP contribution in [0.5, 0.6) is 5.75 Å². The van der Waals surface area contributed by atoms with Gasteiger partial charge in [-0.25, -0.2) is 4.79 Å². The quantitative estimate of drug-likeness (QED) is 0.754. The normalized spacial score (nSPS) is 17.4. The standard InChI is InChI=1S/C21H31NO3/c1-14(2)19-16-9-11-22(20(23)25-21(3,4)5)10-8-15(16)13-18-17(19)7-6-12-24-18/h13-14H,6-12H2,1-5H3. The van der Waals surface area contributed by atoms with Crippen LogP contribution in [0.15, 0.2) is 6.07 Å². The van der Waals surface area contributed by atoms with Crippen molar-refractivity contribution in [3.8, 4) is 5.75 Å². The summed E-state index contributed by atoms with van der Waals surface area (Å²) >= 11 is 0. The van der Waals surface area contributed by atoms with E-state index in [2.05, 4.69) is 19.9 Å². The molecule has 2 aliphatic heterocycles. The Labute approximate surface area is 151 Å². The van der Waals surface area contributed by atoms with Gasteiger partial charge >= 0.3 is 6.09 Å².